The van der Waals surface area contributed by atoms with Crippen molar-refractivity contribution in [1.29, 1.82) is 0 Å². The Hall–Kier alpha value is -1.77. The zero-order valence-electron chi connectivity index (χ0n) is 11.2. The summed E-state index contributed by atoms with van der Waals surface area (Å²) in [5.74, 6) is -0.635. The van der Waals surface area contributed by atoms with Gasteiger partial charge in [-0.1, -0.05) is 11.6 Å². The van der Waals surface area contributed by atoms with Gasteiger partial charge < -0.3 is 15.2 Å². The van der Waals surface area contributed by atoms with E-state index in [9.17, 15) is 20.0 Å². The second kappa shape index (κ2) is 5.92. The number of hydrogen-bond acceptors (Lipinski definition) is 6. The molecule has 1 aliphatic heterocycles. The molecular formula is C12H14ClN3O5. The third-order valence-corrected chi connectivity index (χ3v) is 3.80. The second-order valence-electron chi connectivity index (χ2n) is 4.84. The molecule has 0 aromatic carbocycles. The van der Waals surface area contributed by atoms with Crippen molar-refractivity contribution in [3.63, 3.8) is 0 Å². The van der Waals surface area contributed by atoms with Crippen molar-refractivity contribution in [2.75, 3.05) is 13.2 Å². The minimum atomic E-state index is -1.16. The molecule has 0 spiro atoms. The predicted molar refractivity (Wildman–Crippen MR) is 73.2 cm³/mol. The van der Waals surface area contributed by atoms with E-state index in [1.807, 2.05) is 0 Å². The molecular weight excluding hydrogens is 302 g/mol. The van der Waals surface area contributed by atoms with E-state index in [0.717, 1.165) is 12.3 Å². The fourth-order valence-corrected chi connectivity index (χ4v) is 2.22. The number of ether oxygens (including phenoxy) is 1. The minimum Gasteiger partial charge on any atom is -0.385 e. The maximum atomic E-state index is 12.0. The smallest absolute Gasteiger partial charge is 0.288 e. The molecule has 1 fully saturated rings. The highest BCUT2D eigenvalue weighted by Gasteiger charge is 2.39. The van der Waals surface area contributed by atoms with Gasteiger partial charge in [0.15, 0.2) is 0 Å². The van der Waals surface area contributed by atoms with Crippen LogP contribution in [-0.2, 0) is 4.74 Å². The first kappa shape index (κ1) is 15.6. The zero-order valence-corrected chi connectivity index (χ0v) is 12.0. The summed E-state index contributed by atoms with van der Waals surface area (Å²) in [6.45, 7) is 2.08. The van der Waals surface area contributed by atoms with E-state index >= 15 is 0 Å². The van der Waals surface area contributed by atoms with E-state index < -0.39 is 22.5 Å². The third kappa shape index (κ3) is 3.29. The van der Waals surface area contributed by atoms with Crippen LogP contribution in [0.1, 0.15) is 23.7 Å². The molecule has 2 rings (SSSR count). The highest BCUT2D eigenvalue weighted by atomic mass is 35.5. The first-order chi connectivity index (χ1) is 9.83. The van der Waals surface area contributed by atoms with Crippen molar-refractivity contribution >= 4 is 23.2 Å². The van der Waals surface area contributed by atoms with Crippen LogP contribution in [0.25, 0.3) is 0 Å². The number of rotatable bonds is 4. The molecule has 2 heterocycles. The van der Waals surface area contributed by atoms with Gasteiger partial charge in [-0.15, -0.1) is 0 Å². The van der Waals surface area contributed by atoms with Crippen LogP contribution in [0.4, 0.5) is 5.69 Å². The summed E-state index contributed by atoms with van der Waals surface area (Å²) in [6, 6.07) is 1.04. The Morgan fingerprint density at radius 1 is 1.76 bits per heavy atom. The fraction of sp³-hybridized carbons (Fsp3) is 0.500. The predicted octanol–water partition coefficient (Wildman–Crippen LogP) is 0.913. The Bertz CT molecular complexity index is 582. The number of amides is 1. The number of pyridine rings is 1. The molecule has 21 heavy (non-hydrogen) atoms. The van der Waals surface area contributed by atoms with Gasteiger partial charge in [0.05, 0.1) is 16.6 Å². The van der Waals surface area contributed by atoms with Gasteiger partial charge >= 0.3 is 0 Å². The maximum absolute atomic E-state index is 12.0. The summed E-state index contributed by atoms with van der Waals surface area (Å²) in [5.41, 5.74) is -1.60. The van der Waals surface area contributed by atoms with Crippen LogP contribution in [0.15, 0.2) is 12.3 Å². The van der Waals surface area contributed by atoms with Gasteiger partial charge in [0.2, 0.25) is 0 Å². The summed E-state index contributed by atoms with van der Waals surface area (Å²) in [6.07, 6.45) is 0.964. The molecule has 1 aliphatic rings. The summed E-state index contributed by atoms with van der Waals surface area (Å²) in [7, 11) is 0. The zero-order chi connectivity index (χ0) is 15.6. The largest absolute Gasteiger partial charge is 0.385 e. The van der Waals surface area contributed by atoms with Gasteiger partial charge in [-0.2, -0.15) is 0 Å². The van der Waals surface area contributed by atoms with Gasteiger partial charge in [0.25, 0.3) is 11.6 Å². The highest BCUT2D eigenvalue weighted by molar-refractivity contribution is 6.32. The van der Waals surface area contributed by atoms with E-state index in [2.05, 4.69) is 10.3 Å². The summed E-state index contributed by atoms with van der Waals surface area (Å²) >= 11 is 5.77. The van der Waals surface area contributed by atoms with Crippen LogP contribution in [0, 0.1) is 10.1 Å². The lowest BCUT2D eigenvalue weighted by molar-refractivity contribution is -0.385. The Morgan fingerprint density at radius 3 is 3.05 bits per heavy atom. The van der Waals surface area contributed by atoms with E-state index in [0.29, 0.717) is 13.0 Å². The van der Waals surface area contributed by atoms with Crippen LogP contribution in [0.2, 0.25) is 5.15 Å². The normalized spacial score (nSPS) is 24.8. The number of nitrogens with zero attached hydrogens (tertiary/aromatic N) is 2. The molecule has 2 atom stereocenters. The fourth-order valence-electron chi connectivity index (χ4n) is 2.03. The van der Waals surface area contributed by atoms with Crippen LogP contribution in [0.5, 0.6) is 0 Å². The average Bonchev–Trinajstić information content (AvgIpc) is 2.77. The molecule has 9 heteroatoms. The second-order valence-corrected chi connectivity index (χ2v) is 5.20. The molecule has 0 radical (unpaired) electrons. The van der Waals surface area contributed by atoms with Crippen LogP contribution >= 0.6 is 11.6 Å². The van der Waals surface area contributed by atoms with E-state index in [1.165, 1.54) is 0 Å². The molecule has 8 nitrogen and oxygen atoms in total. The SMILES string of the molecule is CC1OCCC1(O)CNC(=O)c1cc([N+](=O)[O-])cnc1Cl. The van der Waals surface area contributed by atoms with Gasteiger partial charge in [0.1, 0.15) is 17.0 Å². The highest BCUT2D eigenvalue weighted by Crippen LogP contribution is 2.25. The number of carbonyl (C=O) groups excluding carboxylic acids is 1. The van der Waals surface area contributed by atoms with Gasteiger partial charge in [0, 0.05) is 25.6 Å². The molecule has 2 unspecified atom stereocenters. The summed E-state index contributed by atoms with van der Waals surface area (Å²) < 4.78 is 5.25. The van der Waals surface area contributed by atoms with Crippen LogP contribution < -0.4 is 5.32 Å². The lowest BCUT2D eigenvalue weighted by Gasteiger charge is -2.26. The van der Waals surface area contributed by atoms with Crippen molar-refractivity contribution in [3.05, 3.63) is 33.1 Å². The topological polar surface area (TPSA) is 115 Å². The summed E-state index contributed by atoms with van der Waals surface area (Å²) in [5, 5.41) is 23.3. The molecule has 1 aromatic heterocycles. The molecule has 0 aliphatic carbocycles. The Kier molecular flexibility index (Phi) is 4.40. The Balaban J connectivity index is 2.10. The van der Waals surface area contributed by atoms with Gasteiger partial charge in [-0.05, 0) is 6.92 Å². The molecule has 0 saturated carbocycles. The Morgan fingerprint density at radius 2 is 2.48 bits per heavy atom. The van der Waals surface area contributed by atoms with Crippen LogP contribution in [-0.4, -0.2) is 45.8 Å². The van der Waals surface area contributed by atoms with E-state index in [4.69, 9.17) is 16.3 Å². The monoisotopic (exact) mass is 315 g/mol. The first-order valence-electron chi connectivity index (χ1n) is 6.25. The Labute approximate surface area is 125 Å². The van der Waals surface area contributed by atoms with Crippen molar-refractivity contribution in [2.45, 2.75) is 25.0 Å². The minimum absolute atomic E-state index is 0.0357. The first-order valence-corrected chi connectivity index (χ1v) is 6.63. The average molecular weight is 316 g/mol. The number of carbonyl (C=O) groups is 1. The van der Waals surface area contributed by atoms with Gasteiger partial charge in [-0.25, -0.2) is 4.98 Å². The quantitative estimate of drug-likeness (QED) is 0.485. The number of nitrogens with one attached hydrogen (secondary N) is 1. The molecule has 1 amide bonds. The maximum Gasteiger partial charge on any atom is 0.288 e. The van der Waals surface area contributed by atoms with Crippen LogP contribution in [0.3, 0.4) is 0 Å². The van der Waals surface area contributed by atoms with E-state index in [-0.39, 0.29) is 22.9 Å². The van der Waals surface area contributed by atoms with Crippen molar-refractivity contribution in [1.82, 2.24) is 10.3 Å². The van der Waals surface area contributed by atoms with Crippen molar-refractivity contribution in [3.8, 4) is 0 Å². The number of aromatic nitrogens is 1. The lowest BCUT2D eigenvalue weighted by Crippen LogP contribution is -2.47. The molecule has 1 aromatic rings. The number of halogens is 1. The molecule has 0 bridgehead atoms. The standard InChI is InChI=1S/C12H14ClN3O5/c1-7-12(18,2-3-21-7)6-15-11(17)9-4-8(16(19)20)5-14-10(9)13/h4-5,7,18H,2-3,6H2,1H3,(H,15,17). The molecule has 2 N–H and O–H groups in total. The summed E-state index contributed by atoms with van der Waals surface area (Å²) in [4.78, 5) is 25.7. The number of hydrogen-bond donors (Lipinski definition) is 2. The lowest BCUT2D eigenvalue weighted by atomic mass is 9.96. The van der Waals surface area contributed by atoms with Crippen molar-refractivity contribution in [2.24, 2.45) is 0 Å². The van der Waals surface area contributed by atoms with Crippen molar-refractivity contribution < 1.29 is 19.6 Å². The van der Waals surface area contributed by atoms with E-state index in [1.54, 1.807) is 6.92 Å². The number of aliphatic hydroxyl groups is 1. The number of nitro groups is 1. The molecule has 114 valence electrons. The molecule has 1 saturated heterocycles. The third-order valence-electron chi connectivity index (χ3n) is 3.49. The van der Waals surface area contributed by atoms with Gasteiger partial charge in [-0.3, -0.25) is 14.9 Å².